The Kier molecular flexibility index (Phi) is 6.68. The van der Waals surface area contributed by atoms with Crippen molar-refractivity contribution in [3.8, 4) is 22.8 Å². The van der Waals surface area contributed by atoms with Gasteiger partial charge in [0.05, 0.1) is 28.9 Å². The van der Waals surface area contributed by atoms with Gasteiger partial charge in [-0.05, 0) is 31.7 Å². The topological polar surface area (TPSA) is 66.8 Å². The number of halogens is 1. The van der Waals surface area contributed by atoms with Crippen LogP contribution in [0.2, 0.25) is 5.02 Å². The fourth-order valence-corrected chi connectivity index (χ4v) is 4.83. The second kappa shape index (κ2) is 9.45. The Morgan fingerprint density at radius 3 is 2.71 bits per heavy atom. The Bertz CT molecular complexity index is 1030. The third-order valence-corrected chi connectivity index (χ3v) is 6.53. The first-order chi connectivity index (χ1) is 15.0. The number of hydrogen-bond donors (Lipinski definition) is 0. The van der Waals surface area contributed by atoms with E-state index in [0.29, 0.717) is 42.3 Å². The molecular weight excluding hydrogens is 418 g/mol. The molecule has 0 spiro atoms. The van der Waals surface area contributed by atoms with E-state index in [0.717, 1.165) is 30.5 Å². The van der Waals surface area contributed by atoms with Crippen LogP contribution < -0.4 is 14.9 Å². The third kappa shape index (κ3) is 4.51. The molecule has 4 rings (SSSR count). The monoisotopic (exact) mass is 445 g/mol. The molecule has 0 N–H and O–H groups in total. The van der Waals surface area contributed by atoms with Crippen LogP contribution in [0.25, 0.3) is 11.3 Å². The summed E-state index contributed by atoms with van der Waals surface area (Å²) in [5, 5.41) is 0.453. The Hall–Kier alpha value is -2.31. The normalized spacial score (nSPS) is 18.1. The number of aromatic nitrogens is 1. The molecule has 2 aliphatic rings. The van der Waals surface area contributed by atoms with Crippen molar-refractivity contribution in [3.63, 3.8) is 0 Å². The molecule has 31 heavy (non-hydrogen) atoms. The van der Waals surface area contributed by atoms with Crippen LogP contribution in [-0.4, -0.2) is 37.3 Å². The zero-order chi connectivity index (χ0) is 22.0. The van der Waals surface area contributed by atoms with Crippen molar-refractivity contribution in [2.45, 2.75) is 45.1 Å². The zero-order valence-corrected chi connectivity index (χ0v) is 18.7. The highest BCUT2D eigenvalue weighted by Crippen LogP contribution is 2.44. The second-order valence-corrected chi connectivity index (χ2v) is 8.70. The van der Waals surface area contributed by atoms with Gasteiger partial charge >= 0.3 is 0 Å². The van der Waals surface area contributed by atoms with Crippen molar-refractivity contribution in [2.75, 3.05) is 26.9 Å². The van der Waals surface area contributed by atoms with Crippen LogP contribution >= 0.6 is 11.6 Å². The van der Waals surface area contributed by atoms with Gasteiger partial charge in [0.15, 0.2) is 11.2 Å². The van der Waals surface area contributed by atoms with Gasteiger partial charge in [-0.25, -0.2) is 0 Å². The molecule has 1 atom stereocenters. The van der Waals surface area contributed by atoms with E-state index in [1.54, 1.807) is 31.5 Å². The number of rotatable bonds is 7. The van der Waals surface area contributed by atoms with Crippen molar-refractivity contribution in [1.29, 1.82) is 0 Å². The first-order valence-corrected chi connectivity index (χ1v) is 11.2. The van der Waals surface area contributed by atoms with Gasteiger partial charge in [0.2, 0.25) is 0 Å². The fourth-order valence-electron chi connectivity index (χ4n) is 4.62. The average molecular weight is 446 g/mol. The molecule has 1 aromatic carbocycles. The van der Waals surface area contributed by atoms with E-state index in [4.69, 9.17) is 25.8 Å². The van der Waals surface area contributed by atoms with Gasteiger partial charge in [0.25, 0.3) is 0 Å². The minimum Gasteiger partial charge on any atom is -0.492 e. The molecule has 1 aliphatic carbocycles. The number of nitrogens with zero attached hydrogens (tertiary/aromatic N) is 1. The van der Waals surface area contributed by atoms with Gasteiger partial charge < -0.3 is 18.8 Å². The highest BCUT2D eigenvalue weighted by atomic mass is 35.5. The van der Waals surface area contributed by atoms with Crippen LogP contribution in [0, 0.1) is 5.92 Å². The van der Waals surface area contributed by atoms with Crippen LogP contribution in [-0.2, 0) is 4.74 Å². The summed E-state index contributed by atoms with van der Waals surface area (Å²) in [4.78, 5) is 24.8. The van der Waals surface area contributed by atoms with Gasteiger partial charge in [0.1, 0.15) is 18.1 Å². The van der Waals surface area contributed by atoms with Crippen LogP contribution in [0.1, 0.15) is 55.4 Å². The van der Waals surface area contributed by atoms with Crippen LogP contribution in [0.3, 0.4) is 0 Å². The zero-order valence-electron chi connectivity index (χ0n) is 18.0. The summed E-state index contributed by atoms with van der Waals surface area (Å²) in [6, 6.07) is 5.18. The van der Waals surface area contributed by atoms with E-state index in [1.807, 2.05) is 0 Å². The molecule has 6 nitrogen and oxygen atoms in total. The summed E-state index contributed by atoms with van der Waals surface area (Å²) in [6.45, 7) is 2.99. The number of ketones is 1. The quantitative estimate of drug-likeness (QED) is 0.447. The van der Waals surface area contributed by atoms with Gasteiger partial charge in [-0.1, -0.05) is 24.4 Å². The molecule has 7 heteroatoms. The largest absolute Gasteiger partial charge is 0.492 e. The molecule has 0 radical (unpaired) electrons. The number of benzene rings is 1. The van der Waals surface area contributed by atoms with Crippen molar-refractivity contribution in [1.82, 2.24) is 4.57 Å². The Morgan fingerprint density at radius 2 is 2.00 bits per heavy atom. The third-order valence-electron chi connectivity index (χ3n) is 6.23. The van der Waals surface area contributed by atoms with Crippen molar-refractivity contribution in [3.05, 3.63) is 45.2 Å². The molecule has 2 aromatic rings. The van der Waals surface area contributed by atoms with Crippen molar-refractivity contribution >= 4 is 17.4 Å². The lowest BCUT2D eigenvalue weighted by molar-refractivity contribution is 0.101. The molecule has 1 aromatic heterocycles. The number of carbonyl (C=O) groups excluding carboxylic acids is 1. The average Bonchev–Trinajstić information content (AvgIpc) is 3.23. The molecule has 1 saturated carbocycles. The van der Waals surface area contributed by atoms with E-state index >= 15 is 0 Å². The van der Waals surface area contributed by atoms with Gasteiger partial charge in [-0.15, -0.1) is 0 Å². The maximum atomic E-state index is 12.7. The summed E-state index contributed by atoms with van der Waals surface area (Å²) < 4.78 is 19.2. The number of fused-ring (bicyclic) bond motifs is 3. The van der Waals surface area contributed by atoms with Crippen molar-refractivity contribution in [2.24, 2.45) is 5.92 Å². The molecule has 0 unspecified atom stereocenters. The number of carbonyl (C=O) groups is 1. The maximum Gasteiger partial charge on any atom is 0.192 e. The summed E-state index contributed by atoms with van der Waals surface area (Å²) in [5.74, 6) is 1.39. The summed E-state index contributed by atoms with van der Waals surface area (Å²) in [7, 11) is 1.65. The van der Waals surface area contributed by atoms with E-state index < -0.39 is 0 Å². The highest BCUT2D eigenvalue weighted by Gasteiger charge is 2.32. The Morgan fingerprint density at radius 1 is 1.23 bits per heavy atom. The lowest BCUT2D eigenvalue weighted by Gasteiger charge is -2.26. The SMILES string of the molecule is COCCCOc1cc2c(cc1Cl)-c1cc(=O)c(C(C)=O)cn1[C@H](C1CCCC1)CO2. The summed E-state index contributed by atoms with van der Waals surface area (Å²) in [5.41, 5.74) is 1.39. The molecule has 0 amide bonds. The van der Waals surface area contributed by atoms with Crippen LogP contribution in [0.5, 0.6) is 11.5 Å². The maximum absolute atomic E-state index is 12.7. The van der Waals surface area contributed by atoms with Gasteiger partial charge in [-0.3, -0.25) is 9.59 Å². The highest BCUT2D eigenvalue weighted by molar-refractivity contribution is 6.32. The number of Topliss-reactive ketones (excluding diaryl/α,β-unsaturated/α-hetero) is 1. The summed E-state index contributed by atoms with van der Waals surface area (Å²) in [6.07, 6.45) is 7.06. The molecule has 166 valence electrons. The number of pyridine rings is 1. The lowest BCUT2D eigenvalue weighted by atomic mass is 9.97. The van der Waals surface area contributed by atoms with E-state index in [9.17, 15) is 9.59 Å². The molecular formula is C24H28ClNO5. The number of ether oxygens (including phenoxy) is 3. The summed E-state index contributed by atoms with van der Waals surface area (Å²) >= 11 is 6.53. The minimum atomic E-state index is -0.284. The number of hydrogen-bond acceptors (Lipinski definition) is 5. The van der Waals surface area contributed by atoms with Crippen LogP contribution in [0.15, 0.2) is 29.2 Å². The number of methoxy groups -OCH3 is 1. The Balaban J connectivity index is 1.78. The van der Waals surface area contributed by atoms with E-state index in [-0.39, 0.29) is 22.8 Å². The first-order valence-electron chi connectivity index (χ1n) is 10.8. The molecule has 1 aliphatic heterocycles. The molecule has 0 bridgehead atoms. The van der Waals surface area contributed by atoms with Crippen LogP contribution in [0.4, 0.5) is 0 Å². The van der Waals surface area contributed by atoms with E-state index in [2.05, 4.69) is 4.57 Å². The fraction of sp³-hybridized carbons (Fsp3) is 0.500. The van der Waals surface area contributed by atoms with Gasteiger partial charge in [0, 0.05) is 44.0 Å². The smallest absolute Gasteiger partial charge is 0.192 e. The van der Waals surface area contributed by atoms with Crippen molar-refractivity contribution < 1.29 is 19.0 Å². The molecule has 0 saturated heterocycles. The second-order valence-electron chi connectivity index (χ2n) is 8.30. The molecule has 1 fully saturated rings. The van der Waals surface area contributed by atoms with E-state index in [1.165, 1.54) is 19.8 Å². The molecule has 2 heterocycles. The standard InChI is InChI=1S/C24H28ClNO5/c1-15(27)18-13-26-20(11-22(18)28)17-10-19(25)24(30-9-5-8-29-2)12-23(17)31-14-21(26)16-6-3-4-7-16/h10-13,16,21H,3-9,14H2,1-2H3/t21-/m0/s1. The minimum absolute atomic E-state index is 0.0495. The predicted molar refractivity (Wildman–Crippen MR) is 120 cm³/mol. The lowest BCUT2D eigenvalue weighted by Crippen LogP contribution is -2.26. The first kappa shape index (κ1) is 21.9. The Labute approximate surface area is 187 Å². The predicted octanol–water partition coefficient (Wildman–Crippen LogP) is 4.91. The van der Waals surface area contributed by atoms with Gasteiger partial charge in [-0.2, -0.15) is 0 Å².